The number of aliphatic carboxylic acids is 3. The second-order valence-electron chi connectivity index (χ2n) is 7.22. The van der Waals surface area contributed by atoms with E-state index in [-0.39, 0.29) is 6.54 Å². The number of carbonyl (C=O) groups is 3. The topological polar surface area (TPSA) is 115 Å². The van der Waals surface area contributed by atoms with Crippen LogP contribution in [0, 0.1) is 0 Å². The average molecular weight is 386 g/mol. The Morgan fingerprint density at radius 3 is 1.70 bits per heavy atom. The number of nitrogens with zero attached hydrogens (tertiary/aromatic N) is 1. The van der Waals surface area contributed by atoms with Gasteiger partial charge in [0.15, 0.2) is 13.1 Å². The Kier molecular flexibility index (Phi) is 14.1. The van der Waals surface area contributed by atoms with Crippen molar-refractivity contribution in [3.05, 3.63) is 12.2 Å². The maximum atomic E-state index is 11.1. The second-order valence-corrected chi connectivity index (χ2v) is 7.22. The lowest BCUT2D eigenvalue weighted by molar-refractivity contribution is -0.909. The van der Waals surface area contributed by atoms with Crippen molar-refractivity contribution in [3.8, 4) is 0 Å². The predicted octanol–water partition coefficient (Wildman–Crippen LogP) is 2.20. The molecule has 0 atom stereocenters. The summed E-state index contributed by atoms with van der Waals surface area (Å²) in [5, 5.41) is 29.0. The van der Waals surface area contributed by atoms with E-state index in [0.717, 1.165) is 25.7 Å². The van der Waals surface area contributed by atoms with Crippen molar-refractivity contribution >= 4 is 17.9 Å². The van der Waals surface area contributed by atoms with Gasteiger partial charge in [0.2, 0.25) is 0 Å². The Morgan fingerprint density at radius 2 is 1.26 bits per heavy atom. The molecule has 0 radical (unpaired) electrons. The largest absolute Gasteiger partial charge is 0.544 e. The molecule has 0 aliphatic carbocycles. The number of hydrogen-bond acceptors (Lipinski definition) is 4. The molecule has 0 aromatic heterocycles. The fourth-order valence-corrected chi connectivity index (χ4v) is 3.24. The average Bonchev–Trinajstić information content (AvgIpc) is 2.53. The zero-order valence-electron chi connectivity index (χ0n) is 16.5. The summed E-state index contributed by atoms with van der Waals surface area (Å²) in [6.45, 7) is 0.741. The number of carbonyl (C=O) groups excluding carboxylic acids is 1. The van der Waals surface area contributed by atoms with E-state index >= 15 is 0 Å². The Balaban J connectivity index is 4.19. The molecule has 0 fully saturated rings. The maximum absolute atomic E-state index is 11.1. The molecule has 7 heteroatoms. The van der Waals surface area contributed by atoms with Crippen molar-refractivity contribution < 1.29 is 34.2 Å². The first-order valence-corrected chi connectivity index (χ1v) is 9.95. The van der Waals surface area contributed by atoms with Gasteiger partial charge in [-0.15, -0.1) is 0 Å². The molecular weight excluding hydrogens is 350 g/mol. The summed E-state index contributed by atoms with van der Waals surface area (Å²) in [5.41, 5.74) is 0. The first kappa shape index (κ1) is 25.1. The fraction of sp³-hybridized carbons (Fsp3) is 0.750. The quantitative estimate of drug-likeness (QED) is 0.212. The number of rotatable bonds is 18. The summed E-state index contributed by atoms with van der Waals surface area (Å²) >= 11 is 0. The molecule has 0 aromatic rings. The first-order chi connectivity index (χ1) is 12.8. The molecule has 7 nitrogen and oxygen atoms in total. The smallest absolute Gasteiger partial charge is 0.359 e. The van der Waals surface area contributed by atoms with E-state index in [0.29, 0.717) is 6.42 Å². The Labute approximate surface area is 162 Å². The summed E-state index contributed by atoms with van der Waals surface area (Å²) in [4.78, 5) is 33.1. The number of carboxylic acid groups (broad SMARTS) is 3. The van der Waals surface area contributed by atoms with Gasteiger partial charge in [0, 0.05) is 0 Å². The van der Waals surface area contributed by atoms with Crippen LogP contribution in [0.4, 0.5) is 0 Å². The number of unbranched alkanes of at least 4 members (excludes halogenated alkanes) is 8. The Hall–Kier alpha value is -1.89. The van der Waals surface area contributed by atoms with E-state index < -0.39 is 42.0 Å². The molecule has 27 heavy (non-hydrogen) atoms. The standard InChI is InChI=1S/C20H35NO6/c1-2-3-4-5-6-7-8-9-10-11-12-13-14-21(15-18(22)23,16-19(24)25)17-20(26)27/h8-9H,2-7,10-17H2,1H3,(H2-,22,23,24,25,26,27)/b9-8+. The molecule has 0 amide bonds. The lowest BCUT2D eigenvalue weighted by Gasteiger charge is -2.36. The number of hydrogen-bond donors (Lipinski definition) is 2. The van der Waals surface area contributed by atoms with Crippen molar-refractivity contribution in [1.29, 1.82) is 0 Å². The number of carboxylic acids is 3. The second kappa shape index (κ2) is 15.2. The lowest BCUT2D eigenvalue weighted by Crippen LogP contribution is -2.59. The van der Waals surface area contributed by atoms with Crippen molar-refractivity contribution in [3.63, 3.8) is 0 Å². The molecule has 0 aliphatic heterocycles. The molecule has 0 saturated heterocycles. The van der Waals surface area contributed by atoms with Crippen LogP contribution in [0.15, 0.2) is 12.2 Å². The summed E-state index contributed by atoms with van der Waals surface area (Å²) in [5.74, 6) is -3.85. The molecule has 156 valence electrons. The van der Waals surface area contributed by atoms with Gasteiger partial charge in [-0.3, -0.25) is 0 Å². The maximum Gasteiger partial charge on any atom is 0.359 e. The van der Waals surface area contributed by atoms with Gasteiger partial charge in [-0.2, -0.15) is 0 Å². The highest BCUT2D eigenvalue weighted by atomic mass is 16.4. The number of allylic oxidation sites excluding steroid dienone is 2. The predicted molar refractivity (Wildman–Crippen MR) is 101 cm³/mol. The summed E-state index contributed by atoms with van der Waals surface area (Å²) in [6, 6.07) is 0. The third-order valence-electron chi connectivity index (χ3n) is 4.55. The molecule has 0 heterocycles. The van der Waals surface area contributed by atoms with Gasteiger partial charge in [0.1, 0.15) is 6.54 Å². The van der Waals surface area contributed by atoms with Crippen molar-refractivity contribution in [1.82, 2.24) is 0 Å². The molecule has 0 spiro atoms. The molecule has 2 N–H and O–H groups in total. The van der Waals surface area contributed by atoms with Crippen LogP contribution in [0.1, 0.15) is 71.1 Å². The molecule has 0 unspecified atom stereocenters. The van der Waals surface area contributed by atoms with Crippen LogP contribution in [0.5, 0.6) is 0 Å². The third kappa shape index (κ3) is 14.9. The highest BCUT2D eigenvalue weighted by Crippen LogP contribution is 2.12. The van der Waals surface area contributed by atoms with Gasteiger partial charge in [-0.1, -0.05) is 44.8 Å². The molecule has 0 bridgehead atoms. The van der Waals surface area contributed by atoms with Gasteiger partial charge in [-0.05, 0) is 38.5 Å². The minimum Gasteiger partial charge on any atom is -0.544 e. The SMILES string of the molecule is CCCCCCC/C=C/CCCCC[N+](CC(=O)[O-])(CC(=O)O)CC(=O)O. The summed E-state index contributed by atoms with van der Waals surface area (Å²) in [6.07, 6.45) is 15.0. The Bertz CT molecular complexity index is 434. The van der Waals surface area contributed by atoms with E-state index in [4.69, 9.17) is 10.2 Å². The van der Waals surface area contributed by atoms with Crippen molar-refractivity contribution in [2.24, 2.45) is 0 Å². The monoisotopic (exact) mass is 385 g/mol. The van der Waals surface area contributed by atoms with Crippen LogP contribution < -0.4 is 5.11 Å². The van der Waals surface area contributed by atoms with E-state index in [9.17, 15) is 19.5 Å². The normalized spacial score (nSPS) is 11.7. The minimum atomic E-state index is -1.43. The molecule has 0 saturated carbocycles. The van der Waals surface area contributed by atoms with Gasteiger partial charge in [0.25, 0.3) is 0 Å². The van der Waals surface area contributed by atoms with Crippen LogP contribution in [0.2, 0.25) is 0 Å². The molecule has 0 rings (SSSR count). The van der Waals surface area contributed by atoms with Gasteiger partial charge in [0.05, 0.1) is 12.5 Å². The Morgan fingerprint density at radius 1 is 0.778 bits per heavy atom. The van der Waals surface area contributed by atoms with Crippen LogP contribution in [0.25, 0.3) is 0 Å². The van der Waals surface area contributed by atoms with E-state index in [1.54, 1.807) is 0 Å². The van der Waals surface area contributed by atoms with Crippen LogP contribution in [-0.4, -0.2) is 58.8 Å². The van der Waals surface area contributed by atoms with Crippen LogP contribution in [0.3, 0.4) is 0 Å². The third-order valence-corrected chi connectivity index (χ3v) is 4.55. The van der Waals surface area contributed by atoms with Gasteiger partial charge in [-0.25, -0.2) is 9.59 Å². The van der Waals surface area contributed by atoms with Gasteiger partial charge < -0.3 is 24.6 Å². The first-order valence-electron chi connectivity index (χ1n) is 9.95. The highest BCUT2D eigenvalue weighted by molar-refractivity contribution is 5.72. The van der Waals surface area contributed by atoms with Crippen LogP contribution >= 0.6 is 0 Å². The lowest BCUT2D eigenvalue weighted by atomic mass is 10.1. The van der Waals surface area contributed by atoms with E-state index in [2.05, 4.69) is 19.1 Å². The fourth-order valence-electron chi connectivity index (χ4n) is 3.24. The zero-order valence-corrected chi connectivity index (χ0v) is 16.5. The minimum absolute atomic E-state index is 0.202. The molecular formula is C20H35NO6. The van der Waals surface area contributed by atoms with Crippen molar-refractivity contribution in [2.75, 3.05) is 26.2 Å². The molecule has 0 aliphatic rings. The van der Waals surface area contributed by atoms with E-state index in [1.807, 2.05) is 0 Å². The van der Waals surface area contributed by atoms with E-state index in [1.165, 1.54) is 32.1 Å². The molecule has 0 aromatic carbocycles. The van der Waals surface area contributed by atoms with Crippen molar-refractivity contribution in [2.45, 2.75) is 71.1 Å². The van der Waals surface area contributed by atoms with Crippen LogP contribution in [-0.2, 0) is 14.4 Å². The summed E-state index contributed by atoms with van der Waals surface area (Å²) < 4.78 is -0.513. The number of quaternary nitrogens is 1. The van der Waals surface area contributed by atoms with Gasteiger partial charge >= 0.3 is 11.9 Å². The zero-order chi connectivity index (χ0) is 20.5. The highest BCUT2D eigenvalue weighted by Gasteiger charge is 2.33. The summed E-state index contributed by atoms with van der Waals surface area (Å²) in [7, 11) is 0.